The van der Waals surface area contributed by atoms with Gasteiger partial charge in [-0.2, -0.15) is 5.10 Å². The van der Waals surface area contributed by atoms with Crippen LogP contribution >= 0.6 is 0 Å². The molecule has 5 nitrogen and oxygen atoms in total. The van der Waals surface area contributed by atoms with Gasteiger partial charge in [-0.3, -0.25) is 9.89 Å². The Morgan fingerprint density at radius 1 is 1.33 bits per heavy atom. The monoisotopic (exact) mass is 246 g/mol. The lowest BCUT2D eigenvalue weighted by molar-refractivity contribution is 0.0934. The van der Waals surface area contributed by atoms with E-state index in [-0.39, 0.29) is 17.9 Å². The van der Waals surface area contributed by atoms with Crippen LogP contribution < -0.4 is 10.6 Å². The number of aromatic amines is 1. The lowest BCUT2D eigenvalue weighted by atomic mass is 10.1. The third-order valence-corrected chi connectivity index (χ3v) is 2.95. The first-order valence-electron chi connectivity index (χ1n) is 5.52. The normalized spacial score (nSPS) is 17.9. The van der Waals surface area contributed by atoms with Crippen molar-refractivity contribution >= 4 is 11.6 Å². The van der Waals surface area contributed by atoms with Gasteiger partial charge in [0.2, 0.25) is 0 Å². The molecule has 0 bridgehead atoms. The van der Waals surface area contributed by atoms with Gasteiger partial charge in [-0.05, 0) is 30.7 Å². The zero-order chi connectivity index (χ0) is 12.7. The highest BCUT2D eigenvalue weighted by atomic mass is 19.1. The number of carbonyl (C=O) groups is 1. The fraction of sp³-hybridized carbons (Fsp3) is 0.167. The maximum Gasteiger partial charge on any atom is 0.255 e. The molecule has 0 spiro atoms. The Bertz CT molecular complexity index is 609. The summed E-state index contributed by atoms with van der Waals surface area (Å²) in [7, 11) is 0. The van der Waals surface area contributed by atoms with Crippen molar-refractivity contribution in [3.8, 4) is 0 Å². The van der Waals surface area contributed by atoms with Crippen LogP contribution in [0.1, 0.15) is 27.8 Å². The summed E-state index contributed by atoms with van der Waals surface area (Å²) in [4.78, 5) is 11.9. The van der Waals surface area contributed by atoms with Gasteiger partial charge < -0.3 is 10.6 Å². The fourth-order valence-electron chi connectivity index (χ4n) is 1.97. The zero-order valence-electron chi connectivity index (χ0n) is 9.62. The van der Waals surface area contributed by atoms with E-state index in [9.17, 15) is 9.18 Å². The van der Waals surface area contributed by atoms with E-state index in [1.165, 1.54) is 6.07 Å². The number of aromatic nitrogens is 2. The minimum Gasteiger partial charge on any atom is -0.360 e. The number of anilines is 1. The van der Waals surface area contributed by atoms with Crippen LogP contribution in [0.4, 0.5) is 10.1 Å². The molecular formula is C12H11FN4O. The lowest BCUT2D eigenvalue weighted by Crippen LogP contribution is -2.38. The Morgan fingerprint density at radius 2 is 2.17 bits per heavy atom. The summed E-state index contributed by atoms with van der Waals surface area (Å²) in [5, 5.41) is 12.5. The summed E-state index contributed by atoms with van der Waals surface area (Å²) in [6.07, 6.45) is 1.23. The second-order valence-corrected chi connectivity index (χ2v) is 4.21. The summed E-state index contributed by atoms with van der Waals surface area (Å²) in [5.74, 6) is -0.687. The van der Waals surface area contributed by atoms with Crippen molar-refractivity contribution in [2.75, 3.05) is 5.32 Å². The van der Waals surface area contributed by atoms with Crippen molar-refractivity contribution in [3.63, 3.8) is 0 Å². The van der Waals surface area contributed by atoms with Crippen molar-refractivity contribution in [1.29, 1.82) is 0 Å². The molecule has 0 fully saturated rings. The van der Waals surface area contributed by atoms with Gasteiger partial charge in [-0.15, -0.1) is 0 Å². The molecule has 0 saturated carbocycles. The highest BCUT2D eigenvalue weighted by Crippen LogP contribution is 2.27. The minimum atomic E-state index is -0.384. The molecule has 3 N–H and O–H groups in total. The third-order valence-electron chi connectivity index (χ3n) is 2.95. The van der Waals surface area contributed by atoms with Crippen molar-refractivity contribution < 1.29 is 9.18 Å². The highest BCUT2D eigenvalue weighted by molar-refractivity contribution is 6.01. The molecule has 1 amide bonds. The van der Waals surface area contributed by atoms with E-state index < -0.39 is 0 Å². The number of benzene rings is 1. The maximum atomic E-state index is 13.4. The SMILES string of the molecule is Cc1cc2c(cc1F)C(=O)N[C@H](c1ccn[nH]1)N2. The molecule has 0 unspecified atom stereocenters. The van der Waals surface area contributed by atoms with E-state index in [0.717, 1.165) is 5.69 Å². The minimum absolute atomic E-state index is 0.303. The number of amides is 1. The molecule has 0 radical (unpaired) electrons. The van der Waals surface area contributed by atoms with Crippen LogP contribution in [-0.4, -0.2) is 16.1 Å². The topological polar surface area (TPSA) is 69.8 Å². The van der Waals surface area contributed by atoms with Gasteiger partial charge in [0.05, 0.1) is 11.3 Å². The number of rotatable bonds is 1. The molecule has 6 heteroatoms. The van der Waals surface area contributed by atoms with E-state index in [4.69, 9.17) is 0 Å². The first-order chi connectivity index (χ1) is 8.65. The second kappa shape index (κ2) is 3.83. The van der Waals surface area contributed by atoms with Gasteiger partial charge in [0, 0.05) is 11.9 Å². The van der Waals surface area contributed by atoms with Gasteiger partial charge in [-0.25, -0.2) is 4.39 Å². The molecule has 2 heterocycles. The summed E-state index contributed by atoms with van der Waals surface area (Å²) < 4.78 is 13.4. The number of fused-ring (bicyclic) bond motifs is 1. The number of hydrogen-bond acceptors (Lipinski definition) is 3. The van der Waals surface area contributed by atoms with Crippen LogP contribution in [0.25, 0.3) is 0 Å². The molecule has 1 aromatic heterocycles. The van der Waals surface area contributed by atoms with Crippen molar-refractivity contribution in [2.45, 2.75) is 13.1 Å². The molecule has 1 atom stereocenters. The van der Waals surface area contributed by atoms with Crippen LogP contribution in [0.2, 0.25) is 0 Å². The largest absolute Gasteiger partial charge is 0.360 e. The number of hydrogen-bond donors (Lipinski definition) is 3. The first-order valence-corrected chi connectivity index (χ1v) is 5.52. The number of H-pyrrole nitrogens is 1. The molecule has 0 saturated heterocycles. The second-order valence-electron chi connectivity index (χ2n) is 4.21. The maximum absolute atomic E-state index is 13.4. The van der Waals surface area contributed by atoms with E-state index in [2.05, 4.69) is 20.8 Å². The van der Waals surface area contributed by atoms with E-state index in [0.29, 0.717) is 16.8 Å². The highest BCUT2D eigenvalue weighted by Gasteiger charge is 2.26. The van der Waals surface area contributed by atoms with Crippen molar-refractivity contribution in [2.24, 2.45) is 0 Å². The van der Waals surface area contributed by atoms with Crippen LogP contribution in [0.15, 0.2) is 24.4 Å². The Morgan fingerprint density at radius 3 is 2.89 bits per heavy atom. The Balaban J connectivity index is 2.02. The van der Waals surface area contributed by atoms with Gasteiger partial charge in [-0.1, -0.05) is 0 Å². The fourth-order valence-corrected chi connectivity index (χ4v) is 1.97. The average molecular weight is 246 g/mol. The Kier molecular flexibility index (Phi) is 2.29. The molecular weight excluding hydrogens is 235 g/mol. The van der Waals surface area contributed by atoms with E-state index in [1.807, 2.05) is 0 Å². The quantitative estimate of drug-likeness (QED) is 0.717. The molecule has 92 valence electrons. The van der Waals surface area contributed by atoms with Gasteiger partial charge in [0.25, 0.3) is 5.91 Å². The Labute approximate surface area is 102 Å². The third kappa shape index (κ3) is 1.62. The standard InChI is InChI=1S/C12H11FN4O/c1-6-4-10-7(5-8(6)13)12(18)16-11(15-10)9-2-3-14-17-9/h2-5,11,15H,1H3,(H,14,17)(H,16,18)/t11-/m1/s1. The summed E-state index contributed by atoms with van der Waals surface area (Å²) in [6, 6.07) is 4.64. The van der Waals surface area contributed by atoms with Gasteiger partial charge >= 0.3 is 0 Å². The Hall–Kier alpha value is -2.37. The number of carbonyl (C=O) groups excluding carboxylic acids is 1. The van der Waals surface area contributed by atoms with Crippen LogP contribution in [0.3, 0.4) is 0 Å². The molecule has 1 aliphatic heterocycles. The first kappa shape index (κ1) is 10.8. The molecule has 2 aromatic rings. The molecule has 0 aliphatic carbocycles. The van der Waals surface area contributed by atoms with E-state index in [1.54, 1.807) is 25.3 Å². The number of nitrogens with zero attached hydrogens (tertiary/aromatic N) is 1. The molecule has 18 heavy (non-hydrogen) atoms. The molecule has 1 aliphatic rings. The number of halogens is 1. The van der Waals surface area contributed by atoms with Crippen LogP contribution in [0.5, 0.6) is 0 Å². The zero-order valence-corrected chi connectivity index (χ0v) is 9.62. The predicted octanol–water partition coefficient (Wildman–Crippen LogP) is 1.71. The van der Waals surface area contributed by atoms with Crippen molar-refractivity contribution in [3.05, 3.63) is 47.0 Å². The van der Waals surface area contributed by atoms with Crippen molar-refractivity contribution in [1.82, 2.24) is 15.5 Å². The average Bonchev–Trinajstić information content (AvgIpc) is 2.85. The van der Waals surface area contributed by atoms with Crippen LogP contribution in [0, 0.1) is 12.7 Å². The summed E-state index contributed by atoms with van der Waals surface area (Å²) in [6.45, 7) is 1.66. The smallest absolute Gasteiger partial charge is 0.255 e. The van der Waals surface area contributed by atoms with E-state index >= 15 is 0 Å². The van der Waals surface area contributed by atoms with Gasteiger partial charge in [0.15, 0.2) is 0 Å². The number of nitrogens with one attached hydrogen (secondary N) is 3. The number of aryl methyl sites for hydroxylation is 1. The summed E-state index contributed by atoms with van der Waals surface area (Å²) >= 11 is 0. The predicted molar refractivity (Wildman–Crippen MR) is 63.6 cm³/mol. The lowest BCUT2D eigenvalue weighted by Gasteiger charge is -2.27. The molecule has 3 rings (SSSR count). The van der Waals surface area contributed by atoms with Gasteiger partial charge in [0.1, 0.15) is 12.0 Å². The summed E-state index contributed by atoms with van der Waals surface area (Å²) in [5.41, 5.74) is 2.18. The van der Waals surface area contributed by atoms with Crippen LogP contribution in [-0.2, 0) is 0 Å². The molecule has 1 aromatic carbocycles.